The smallest absolute Gasteiger partial charge is 0.110 e. The maximum atomic E-state index is 5.77. The molecule has 0 spiro atoms. The van der Waals surface area contributed by atoms with Crippen LogP contribution in [0.3, 0.4) is 0 Å². The van der Waals surface area contributed by atoms with Gasteiger partial charge in [0.15, 0.2) is 0 Å². The van der Waals surface area contributed by atoms with Gasteiger partial charge in [-0.15, -0.1) is 22.9 Å². The Bertz CT molecular complexity index is 453. The zero-order valence-corrected chi connectivity index (χ0v) is 12.3. The van der Waals surface area contributed by atoms with Gasteiger partial charge in [0.05, 0.1) is 17.6 Å². The van der Waals surface area contributed by atoms with Gasteiger partial charge in [-0.1, -0.05) is 0 Å². The lowest BCUT2D eigenvalue weighted by molar-refractivity contribution is 0.253. The molecule has 2 heterocycles. The Kier molecular flexibility index (Phi) is 4.56. The van der Waals surface area contributed by atoms with Crippen LogP contribution in [-0.2, 0) is 12.4 Å². The first-order valence-electron chi connectivity index (χ1n) is 5.42. The van der Waals surface area contributed by atoms with Crippen LogP contribution in [0, 0.1) is 0 Å². The fourth-order valence-electron chi connectivity index (χ4n) is 1.57. The predicted molar refractivity (Wildman–Crippen MR) is 75.9 cm³/mol. The number of aromatic nitrogens is 1. The summed E-state index contributed by atoms with van der Waals surface area (Å²) in [6.07, 6.45) is 0. The van der Waals surface area contributed by atoms with Crippen LogP contribution in [-0.4, -0.2) is 16.9 Å². The molecule has 1 unspecified atom stereocenters. The normalized spacial score (nSPS) is 13.2. The lowest BCUT2D eigenvalue weighted by Gasteiger charge is -2.22. The van der Waals surface area contributed by atoms with Gasteiger partial charge in [0.2, 0.25) is 0 Å². The third kappa shape index (κ3) is 3.28. The fourth-order valence-corrected chi connectivity index (χ4v) is 3.40. The van der Waals surface area contributed by atoms with Crippen molar-refractivity contribution in [2.45, 2.75) is 25.4 Å². The van der Waals surface area contributed by atoms with Crippen LogP contribution in [0.5, 0.6) is 0 Å². The minimum Gasteiger partial charge on any atom is -0.293 e. The Morgan fingerprint density at radius 3 is 2.88 bits per heavy atom. The number of thiazole rings is 1. The lowest BCUT2D eigenvalue weighted by Crippen LogP contribution is -2.21. The molecule has 0 bridgehead atoms. The summed E-state index contributed by atoms with van der Waals surface area (Å²) in [5.41, 5.74) is 2.33. The van der Waals surface area contributed by atoms with Gasteiger partial charge in [-0.2, -0.15) is 11.3 Å². The van der Waals surface area contributed by atoms with Crippen molar-refractivity contribution in [3.63, 3.8) is 0 Å². The van der Waals surface area contributed by atoms with E-state index in [0.29, 0.717) is 11.9 Å². The summed E-state index contributed by atoms with van der Waals surface area (Å²) in [7, 11) is 2.13. The summed E-state index contributed by atoms with van der Waals surface area (Å²) in [5, 5.41) is 7.48. The van der Waals surface area contributed by atoms with Crippen LogP contribution in [0.2, 0.25) is 0 Å². The Balaban J connectivity index is 2.01. The highest BCUT2D eigenvalue weighted by molar-refractivity contribution is 7.09. The van der Waals surface area contributed by atoms with Gasteiger partial charge in [-0.05, 0) is 36.4 Å². The molecule has 0 N–H and O–H groups in total. The molecule has 0 fully saturated rings. The van der Waals surface area contributed by atoms with Crippen molar-refractivity contribution in [3.8, 4) is 0 Å². The maximum Gasteiger partial charge on any atom is 0.110 e. The van der Waals surface area contributed by atoms with Crippen molar-refractivity contribution in [2.24, 2.45) is 0 Å². The molecule has 0 saturated heterocycles. The fraction of sp³-hybridized carbons (Fsp3) is 0.417. The topological polar surface area (TPSA) is 16.1 Å². The van der Waals surface area contributed by atoms with Gasteiger partial charge >= 0.3 is 0 Å². The Hall–Kier alpha value is -0.420. The Morgan fingerprint density at radius 2 is 2.29 bits per heavy atom. The van der Waals surface area contributed by atoms with Crippen LogP contribution in [0.15, 0.2) is 22.2 Å². The molecule has 2 rings (SSSR count). The zero-order chi connectivity index (χ0) is 12.3. The molecular weight excluding hydrogens is 272 g/mol. The summed E-state index contributed by atoms with van der Waals surface area (Å²) < 4.78 is 0. The summed E-state index contributed by atoms with van der Waals surface area (Å²) in [4.78, 5) is 6.83. The van der Waals surface area contributed by atoms with Crippen molar-refractivity contribution in [1.29, 1.82) is 0 Å². The van der Waals surface area contributed by atoms with Gasteiger partial charge in [-0.3, -0.25) is 4.90 Å². The molecule has 92 valence electrons. The van der Waals surface area contributed by atoms with Crippen LogP contribution in [0.25, 0.3) is 0 Å². The number of hydrogen-bond donors (Lipinski definition) is 0. The highest BCUT2D eigenvalue weighted by atomic mass is 35.5. The van der Waals surface area contributed by atoms with Crippen LogP contribution in [0.1, 0.15) is 29.2 Å². The van der Waals surface area contributed by atoms with Crippen molar-refractivity contribution in [2.75, 3.05) is 7.05 Å². The van der Waals surface area contributed by atoms with E-state index in [0.717, 1.165) is 17.2 Å². The first kappa shape index (κ1) is 13.0. The molecule has 0 aliphatic carbocycles. The standard InChI is InChI=1S/C12H15ClN2S2/c1-9(12-14-11(5-13)8-17-12)15(2)6-10-3-4-16-7-10/h3-4,7-9H,5-6H2,1-2H3. The molecule has 2 aromatic heterocycles. The number of halogens is 1. The van der Waals surface area contributed by atoms with E-state index in [1.54, 1.807) is 22.7 Å². The highest BCUT2D eigenvalue weighted by Crippen LogP contribution is 2.24. The molecule has 0 amide bonds. The highest BCUT2D eigenvalue weighted by Gasteiger charge is 2.15. The maximum absolute atomic E-state index is 5.77. The van der Waals surface area contributed by atoms with Crippen molar-refractivity contribution in [3.05, 3.63) is 38.5 Å². The van der Waals surface area contributed by atoms with E-state index in [1.807, 2.05) is 5.38 Å². The molecule has 0 aliphatic heterocycles. The van der Waals surface area contributed by atoms with Gasteiger partial charge in [-0.25, -0.2) is 4.98 Å². The minimum atomic E-state index is 0.330. The first-order valence-corrected chi connectivity index (χ1v) is 7.78. The minimum absolute atomic E-state index is 0.330. The first-order chi connectivity index (χ1) is 8.20. The molecule has 0 aliphatic rings. The van der Waals surface area contributed by atoms with E-state index in [9.17, 15) is 0 Å². The second-order valence-electron chi connectivity index (χ2n) is 4.03. The van der Waals surface area contributed by atoms with Crippen molar-refractivity contribution >= 4 is 34.3 Å². The summed E-state index contributed by atoms with van der Waals surface area (Å²) in [5.74, 6) is 0.497. The van der Waals surface area contributed by atoms with E-state index in [-0.39, 0.29) is 0 Å². The number of alkyl halides is 1. The predicted octanol–water partition coefficient (Wildman–Crippen LogP) is 4.14. The molecule has 17 heavy (non-hydrogen) atoms. The van der Waals surface area contributed by atoms with Gasteiger partial charge < -0.3 is 0 Å². The number of thiophene rings is 1. The van der Waals surface area contributed by atoms with Crippen LogP contribution >= 0.6 is 34.3 Å². The average Bonchev–Trinajstić information content (AvgIpc) is 2.98. The largest absolute Gasteiger partial charge is 0.293 e. The lowest BCUT2D eigenvalue weighted by atomic mass is 10.2. The number of nitrogens with zero attached hydrogens (tertiary/aromatic N) is 2. The van der Waals surface area contributed by atoms with E-state index < -0.39 is 0 Å². The third-order valence-electron chi connectivity index (χ3n) is 2.74. The van der Waals surface area contributed by atoms with E-state index in [4.69, 9.17) is 11.6 Å². The summed E-state index contributed by atoms with van der Waals surface area (Å²) in [6, 6.07) is 2.50. The average molecular weight is 287 g/mol. The van der Waals surface area contributed by atoms with E-state index >= 15 is 0 Å². The van der Waals surface area contributed by atoms with Crippen LogP contribution < -0.4 is 0 Å². The molecule has 2 aromatic rings. The molecule has 5 heteroatoms. The second-order valence-corrected chi connectivity index (χ2v) is 5.97. The number of rotatable bonds is 5. The monoisotopic (exact) mass is 286 g/mol. The molecule has 0 saturated carbocycles. The Morgan fingerprint density at radius 1 is 1.47 bits per heavy atom. The molecule has 0 aromatic carbocycles. The SMILES string of the molecule is CC(c1nc(CCl)cs1)N(C)Cc1ccsc1. The number of hydrogen-bond acceptors (Lipinski definition) is 4. The molecule has 0 radical (unpaired) electrons. The molecule has 2 nitrogen and oxygen atoms in total. The second kappa shape index (κ2) is 5.96. The zero-order valence-electron chi connectivity index (χ0n) is 9.89. The summed E-state index contributed by atoms with van der Waals surface area (Å²) in [6.45, 7) is 3.14. The molecular formula is C12H15ClN2S2. The van der Waals surface area contributed by atoms with Gasteiger partial charge in [0.25, 0.3) is 0 Å². The van der Waals surface area contributed by atoms with Crippen molar-refractivity contribution < 1.29 is 0 Å². The quantitative estimate of drug-likeness (QED) is 0.768. The molecule has 1 atom stereocenters. The van der Waals surface area contributed by atoms with Crippen molar-refractivity contribution in [1.82, 2.24) is 9.88 Å². The van der Waals surface area contributed by atoms with Gasteiger partial charge in [0.1, 0.15) is 5.01 Å². The Labute approximate surface area is 115 Å². The summed E-state index contributed by atoms with van der Waals surface area (Å²) >= 11 is 9.20. The van der Waals surface area contributed by atoms with Crippen LogP contribution in [0.4, 0.5) is 0 Å². The third-order valence-corrected chi connectivity index (χ3v) is 4.81. The van der Waals surface area contributed by atoms with Gasteiger partial charge in [0, 0.05) is 11.9 Å². The van der Waals surface area contributed by atoms with E-state index in [2.05, 4.69) is 40.7 Å². The van der Waals surface area contributed by atoms with E-state index in [1.165, 1.54) is 5.56 Å².